The zero-order valence-electron chi connectivity index (χ0n) is 21.2. The average Bonchev–Trinajstić information content (AvgIpc) is 3.51. The summed E-state index contributed by atoms with van der Waals surface area (Å²) in [7, 11) is 0. The average molecular weight is 491 g/mol. The topological polar surface area (TPSA) is 38.0 Å². The summed E-state index contributed by atoms with van der Waals surface area (Å²) in [5.74, 6) is 0.421. The van der Waals surface area contributed by atoms with Crippen LogP contribution in [0, 0.1) is 5.92 Å². The van der Waals surface area contributed by atoms with Gasteiger partial charge >= 0.3 is 0 Å². The van der Waals surface area contributed by atoms with Crippen LogP contribution in [0.25, 0.3) is 44.5 Å². The molecule has 0 bridgehead atoms. The fraction of sp³-hybridized carbons (Fsp3) is 0.0556. The molecule has 5 aromatic carbocycles. The van der Waals surface area contributed by atoms with E-state index in [4.69, 9.17) is 5.73 Å². The van der Waals surface area contributed by atoms with Gasteiger partial charge in [-0.1, -0.05) is 121 Å². The smallest absolute Gasteiger partial charge is 0.0420 e. The van der Waals surface area contributed by atoms with Crippen molar-refractivity contribution in [2.45, 2.75) is 0 Å². The standard InChI is InChI=1S/C36H30N2/c37-35-20-9-8-19-33(35)29-16-10-15-28(23-29)31-17-6-7-18-32(31)30-21-22-36(38-25-26-11-4-5-12-26)34(24-30)27-13-2-1-3-14-27/h1-24,26,38H,25,37H2. The second-order valence-corrected chi connectivity index (χ2v) is 9.65. The fourth-order valence-electron chi connectivity index (χ4n) is 5.16. The molecule has 5 aromatic rings. The Morgan fingerprint density at radius 2 is 1.08 bits per heavy atom. The Bertz CT molecular complexity index is 1620. The Morgan fingerprint density at radius 3 is 1.79 bits per heavy atom. The summed E-state index contributed by atoms with van der Waals surface area (Å²) in [5.41, 5.74) is 17.6. The van der Waals surface area contributed by atoms with Gasteiger partial charge < -0.3 is 11.1 Å². The van der Waals surface area contributed by atoms with E-state index in [0.29, 0.717) is 5.92 Å². The van der Waals surface area contributed by atoms with Gasteiger partial charge in [0.25, 0.3) is 0 Å². The number of benzene rings is 5. The number of nitrogen functional groups attached to an aromatic ring is 1. The number of hydrogen-bond donors (Lipinski definition) is 2. The molecule has 6 rings (SSSR count). The van der Waals surface area contributed by atoms with Crippen LogP contribution in [0.15, 0.2) is 146 Å². The zero-order valence-corrected chi connectivity index (χ0v) is 21.2. The van der Waals surface area contributed by atoms with E-state index < -0.39 is 0 Å². The Labute approximate surface area is 224 Å². The second kappa shape index (κ2) is 10.7. The highest BCUT2D eigenvalue weighted by atomic mass is 14.9. The van der Waals surface area contributed by atoms with Gasteiger partial charge in [-0.15, -0.1) is 0 Å². The molecule has 0 saturated heterocycles. The molecular formula is C36H30N2. The number of rotatable bonds is 7. The highest BCUT2D eigenvalue weighted by molar-refractivity contribution is 5.90. The van der Waals surface area contributed by atoms with Crippen molar-refractivity contribution >= 4 is 11.4 Å². The monoisotopic (exact) mass is 490 g/mol. The molecule has 0 unspecified atom stereocenters. The van der Waals surface area contributed by atoms with E-state index in [2.05, 4.69) is 133 Å². The Morgan fingerprint density at radius 1 is 0.500 bits per heavy atom. The normalized spacial score (nSPS) is 12.6. The van der Waals surface area contributed by atoms with E-state index in [1.54, 1.807) is 0 Å². The minimum Gasteiger partial charge on any atom is -0.398 e. The second-order valence-electron chi connectivity index (χ2n) is 9.65. The van der Waals surface area contributed by atoms with Crippen molar-refractivity contribution in [3.8, 4) is 44.5 Å². The minimum absolute atomic E-state index is 0.421. The van der Waals surface area contributed by atoms with Crippen LogP contribution < -0.4 is 11.1 Å². The van der Waals surface area contributed by atoms with Crippen LogP contribution in [0.2, 0.25) is 0 Å². The third-order valence-electron chi connectivity index (χ3n) is 7.14. The highest BCUT2D eigenvalue weighted by Gasteiger charge is 2.13. The van der Waals surface area contributed by atoms with E-state index in [-0.39, 0.29) is 0 Å². The summed E-state index contributed by atoms with van der Waals surface area (Å²) in [6.07, 6.45) is 8.70. The minimum atomic E-state index is 0.421. The number of nitrogens with two attached hydrogens (primary N) is 1. The van der Waals surface area contributed by atoms with Crippen LogP contribution in [0.3, 0.4) is 0 Å². The molecule has 3 N–H and O–H groups in total. The molecule has 0 fully saturated rings. The lowest BCUT2D eigenvalue weighted by atomic mass is 9.90. The van der Waals surface area contributed by atoms with Gasteiger partial charge in [-0.05, 0) is 57.6 Å². The number of para-hydroxylation sites is 1. The molecule has 2 heteroatoms. The molecular weight excluding hydrogens is 460 g/mol. The number of nitrogens with one attached hydrogen (secondary N) is 1. The first kappa shape index (κ1) is 23.6. The number of hydrogen-bond acceptors (Lipinski definition) is 2. The van der Waals surface area contributed by atoms with Crippen molar-refractivity contribution in [3.05, 3.63) is 146 Å². The molecule has 0 amide bonds. The van der Waals surface area contributed by atoms with Gasteiger partial charge in [0, 0.05) is 35.0 Å². The first-order valence-electron chi connectivity index (χ1n) is 13.1. The van der Waals surface area contributed by atoms with Crippen LogP contribution in [0.1, 0.15) is 0 Å². The molecule has 38 heavy (non-hydrogen) atoms. The van der Waals surface area contributed by atoms with Gasteiger partial charge in [-0.2, -0.15) is 0 Å². The van der Waals surface area contributed by atoms with Crippen molar-refractivity contribution < 1.29 is 0 Å². The van der Waals surface area contributed by atoms with Crippen molar-refractivity contribution in [2.24, 2.45) is 5.92 Å². The van der Waals surface area contributed by atoms with Gasteiger partial charge in [0.05, 0.1) is 0 Å². The van der Waals surface area contributed by atoms with Crippen molar-refractivity contribution in [1.82, 2.24) is 0 Å². The molecule has 0 aromatic heterocycles. The summed E-state index contributed by atoms with van der Waals surface area (Å²) in [6, 6.07) is 42.7. The van der Waals surface area contributed by atoms with Crippen LogP contribution >= 0.6 is 0 Å². The molecule has 1 aliphatic rings. The molecule has 0 heterocycles. The van der Waals surface area contributed by atoms with E-state index in [1.807, 2.05) is 18.2 Å². The first-order chi connectivity index (χ1) is 18.8. The Balaban J connectivity index is 1.41. The molecule has 0 radical (unpaired) electrons. The van der Waals surface area contributed by atoms with Gasteiger partial charge in [0.15, 0.2) is 0 Å². The third kappa shape index (κ3) is 4.89. The highest BCUT2D eigenvalue weighted by Crippen LogP contribution is 2.38. The van der Waals surface area contributed by atoms with E-state index in [9.17, 15) is 0 Å². The first-order valence-corrected chi connectivity index (χ1v) is 13.1. The predicted octanol–water partition coefficient (Wildman–Crippen LogP) is 9.09. The van der Waals surface area contributed by atoms with Gasteiger partial charge in [-0.25, -0.2) is 0 Å². The number of allylic oxidation sites excluding steroid dienone is 2. The molecule has 2 nitrogen and oxygen atoms in total. The van der Waals surface area contributed by atoms with E-state index in [1.165, 1.54) is 33.4 Å². The summed E-state index contributed by atoms with van der Waals surface area (Å²) >= 11 is 0. The van der Waals surface area contributed by atoms with Crippen LogP contribution in [0.4, 0.5) is 11.4 Å². The number of anilines is 2. The van der Waals surface area contributed by atoms with E-state index in [0.717, 1.165) is 29.0 Å². The Kier molecular flexibility index (Phi) is 6.61. The fourth-order valence-corrected chi connectivity index (χ4v) is 5.16. The van der Waals surface area contributed by atoms with Crippen molar-refractivity contribution in [3.63, 3.8) is 0 Å². The van der Waals surface area contributed by atoms with Crippen molar-refractivity contribution in [2.75, 3.05) is 17.6 Å². The van der Waals surface area contributed by atoms with Gasteiger partial charge in [-0.3, -0.25) is 0 Å². The molecule has 0 aliphatic heterocycles. The maximum atomic E-state index is 6.30. The van der Waals surface area contributed by atoms with Crippen molar-refractivity contribution in [1.29, 1.82) is 0 Å². The molecule has 0 spiro atoms. The van der Waals surface area contributed by atoms with Gasteiger partial charge in [0.2, 0.25) is 0 Å². The Hall–Kier alpha value is -4.82. The summed E-state index contributed by atoms with van der Waals surface area (Å²) in [5, 5.41) is 3.70. The maximum Gasteiger partial charge on any atom is 0.0420 e. The molecule has 0 atom stereocenters. The summed E-state index contributed by atoms with van der Waals surface area (Å²) < 4.78 is 0. The lowest BCUT2D eigenvalue weighted by molar-refractivity contribution is 0.872. The predicted molar refractivity (Wildman–Crippen MR) is 163 cm³/mol. The lowest BCUT2D eigenvalue weighted by Crippen LogP contribution is -2.10. The zero-order chi connectivity index (χ0) is 25.7. The molecule has 1 aliphatic carbocycles. The van der Waals surface area contributed by atoms with Crippen LogP contribution in [0.5, 0.6) is 0 Å². The van der Waals surface area contributed by atoms with Crippen LogP contribution in [-0.2, 0) is 0 Å². The summed E-state index contributed by atoms with van der Waals surface area (Å²) in [4.78, 5) is 0. The molecule has 184 valence electrons. The van der Waals surface area contributed by atoms with E-state index >= 15 is 0 Å². The van der Waals surface area contributed by atoms with Crippen LogP contribution in [-0.4, -0.2) is 6.54 Å². The quantitative estimate of drug-likeness (QED) is 0.223. The maximum absolute atomic E-state index is 6.30. The molecule has 0 saturated carbocycles. The lowest BCUT2D eigenvalue weighted by Gasteiger charge is -2.17. The van der Waals surface area contributed by atoms with Gasteiger partial charge in [0.1, 0.15) is 0 Å². The largest absolute Gasteiger partial charge is 0.398 e. The SMILES string of the molecule is Nc1ccccc1-c1cccc(-c2ccccc2-c2ccc(NCC3C=CC=C3)c(-c3ccccc3)c2)c1. The third-order valence-corrected chi connectivity index (χ3v) is 7.14. The summed E-state index contributed by atoms with van der Waals surface area (Å²) in [6.45, 7) is 0.873.